The van der Waals surface area contributed by atoms with Crippen LogP contribution in [0.4, 0.5) is 0 Å². The van der Waals surface area contributed by atoms with Crippen LogP contribution in [0.25, 0.3) is 49.8 Å². The van der Waals surface area contributed by atoms with E-state index in [9.17, 15) is 0 Å². The molecule has 0 amide bonds. The predicted octanol–water partition coefficient (Wildman–Crippen LogP) is 5.57. The van der Waals surface area contributed by atoms with Gasteiger partial charge in [0.1, 0.15) is 11.3 Å². The van der Waals surface area contributed by atoms with E-state index in [-0.39, 0.29) is 0 Å². The van der Waals surface area contributed by atoms with Gasteiger partial charge in [-0.25, -0.2) is 9.97 Å². The number of aromatic nitrogens is 4. The van der Waals surface area contributed by atoms with Crippen molar-refractivity contribution in [2.75, 3.05) is 0 Å². The van der Waals surface area contributed by atoms with Gasteiger partial charge in [-0.15, -0.1) is 0 Å². The predicted molar refractivity (Wildman–Crippen MR) is 122 cm³/mol. The molecule has 0 unspecified atom stereocenters. The molecule has 0 atom stereocenters. The molecular formula is C27H16N4. The lowest BCUT2D eigenvalue weighted by Gasteiger charge is -2.10. The maximum Gasteiger partial charge on any atom is 0.147 e. The van der Waals surface area contributed by atoms with Crippen molar-refractivity contribution >= 4 is 27.5 Å². The molecule has 0 fully saturated rings. The molecule has 4 aromatic heterocycles. The Hall–Kier alpha value is -4.05. The van der Waals surface area contributed by atoms with Gasteiger partial charge in [0.25, 0.3) is 0 Å². The second kappa shape index (κ2) is 5.35. The lowest BCUT2D eigenvalue weighted by Crippen LogP contribution is -1.99. The molecule has 2 aliphatic carbocycles. The first-order valence-electron chi connectivity index (χ1n) is 10.6. The summed E-state index contributed by atoms with van der Waals surface area (Å²) < 4.78 is 2.28. The summed E-state index contributed by atoms with van der Waals surface area (Å²) in [7, 11) is 0. The smallest absolute Gasteiger partial charge is 0.147 e. The largest absolute Gasteiger partial charge is 0.279 e. The average Bonchev–Trinajstić information content (AvgIpc) is 3.49. The van der Waals surface area contributed by atoms with Gasteiger partial charge in [0.2, 0.25) is 0 Å². The van der Waals surface area contributed by atoms with E-state index in [0.717, 1.165) is 46.0 Å². The third-order valence-electron chi connectivity index (χ3n) is 7.03. The number of pyridine rings is 3. The van der Waals surface area contributed by atoms with Crippen LogP contribution in [0.15, 0.2) is 73.2 Å². The highest BCUT2D eigenvalue weighted by atomic mass is 15.1. The topological polar surface area (TPSA) is 43.1 Å². The van der Waals surface area contributed by atoms with Crippen LogP contribution >= 0.6 is 0 Å². The Balaban J connectivity index is 1.47. The standard InChI is InChI=1S/C27H16N4/c1-2-5-16-15(4-1)12-21-17(16)7-8-18-22(21)13-24-25(18)30-27-20-9-11-28-14-23(20)19-6-3-10-29-26(19)31(24)27/h1-11,14H,12-13H2. The van der Waals surface area contributed by atoms with Gasteiger partial charge in [-0.3, -0.25) is 9.38 Å². The van der Waals surface area contributed by atoms with Crippen LogP contribution in [0.2, 0.25) is 0 Å². The molecule has 4 heterocycles. The molecule has 4 heteroatoms. The number of imidazole rings is 1. The molecule has 0 saturated heterocycles. The number of rotatable bonds is 0. The Morgan fingerprint density at radius 1 is 0.677 bits per heavy atom. The zero-order chi connectivity index (χ0) is 20.1. The van der Waals surface area contributed by atoms with Crippen molar-refractivity contribution < 1.29 is 0 Å². The Bertz CT molecular complexity index is 1740. The van der Waals surface area contributed by atoms with Crippen LogP contribution in [-0.4, -0.2) is 19.4 Å². The van der Waals surface area contributed by atoms with Crippen molar-refractivity contribution in [1.29, 1.82) is 0 Å². The van der Waals surface area contributed by atoms with Gasteiger partial charge in [-0.05, 0) is 52.4 Å². The highest BCUT2D eigenvalue weighted by Crippen LogP contribution is 2.47. The van der Waals surface area contributed by atoms with Gasteiger partial charge >= 0.3 is 0 Å². The molecule has 144 valence electrons. The lowest BCUT2D eigenvalue weighted by atomic mass is 9.97. The highest BCUT2D eigenvalue weighted by Gasteiger charge is 2.31. The van der Waals surface area contributed by atoms with Crippen molar-refractivity contribution in [3.05, 3.63) is 95.6 Å². The molecule has 0 aliphatic heterocycles. The molecule has 8 rings (SSSR count). The minimum Gasteiger partial charge on any atom is -0.279 e. The Morgan fingerprint density at radius 2 is 1.55 bits per heavy atom. The van der Waals surface area contributed by atoms with E-state index in [4.69, 9.17) is 9.97 Å². The van der Waals surface area contributed by atoms with E-state index in [1.807, 2.05) is 24.7 Å². The maximum atomic E-state index is 5.18. The monoisotopic (exact) mass is 396 g/mol. The van der Waals surface area contributed by atoms with E-state index in [0.29, 0.717) is 0 Å². The first kappa shape index (κ1) is 15.7. The highest BCUT2D eigenvalue weighted by molar-refractivity contribution is 6.11. The van der Waals surface area contributed by atoms with Crippen LogP contribution in [0.3, 0.4) is 0 Å². The average molecular weight is 396 g/mol. The minimum atomic E-state index is 0.894. The summed E-state index contributed by atoms with van der Waals surface area (Å²) in [5.74, 6) is 0. The first-order valence-corrected chi connectivity index (χ1v) is 10.6. The molecule has 0 radical (unpaired) electrons. The Labute approximate surface area is 177 Å². The van der Waals surface area contributed by atoms with Crippen LogP contribution < -0.4 is 0 Å². The summed E-state index contributed by atoms with van der Waals surface area (Å²) in [6, 6.07) is 19.5. The number of nitrogens with zero attached hydrogens (tertiary/aromatic N) is 4. The van der Waals surface area contributed by atoms with Gasteiger partial charge in [-0.2, -0.15) is 0 Å². The van der Waals surface area contributed by atoms with Gasteiger partial charge in [-0.1, -0.05) is 36.4 Å². The molecule has 6 aromatic rings. The number of hydrogen-bond donors (Lipinski definition) is 0. The van der Waals surface area contributed by atoms with E-state index in [1.54, 1.807) is 0 Å². The molecule has 0 bridgehead atoms. The fourth-order valence-corrected chi connectivity index (χ4v) is 5.70. The molecule has 4 nitrogen and oxygen atoms in total. The van der Waals surface area contributed by atoms with Crippen molar-refractivity contribution in [1.82, 2.24) is 19.4 Å². The van der Waals surface area contributed by atoms with Crippen molar-refractivity contribution in [2.24, 2.45) is 0 Å². The van der Waals surface area contributed by atoms with Crippen molar-refractivity contribution in [3.8, 4) is 22.4 Å². The second-order valence-electron chi connectivity index (χ2n) is 8.49. The number of hydrogen-bond acceptors (Lipinski definition) is 3. The number of benzene rings is 2. The quantitative estimate of drug-likeness (QED) is 0.315. The van der Waals surface area contributed by atoms with E-state index in [1.165, 1.54) is 39.1 Å². The number of fused-ring (bicyclic) bond motifs is 14. The summed E-state index contributed by atoms with van der Waals surface area (Å²) >= 11 is 0. The summed E-state index contributed by atoms with van der Waals surface area (Å²) in [6.45, 7) is 0. The van der Waals surface area contributed by atoms with Gasteiger partial charge < -0.3 is 0 Å². The third-order valence-corrected chi connectivity index (χ3v) is 7.03. The van der Waals surface area contributed by atoms with Crippen LogP contribution in [0.5, 0.6) is 0 Å². The Morgan fingerprint density at radius 3 is 2.55 bits per heavy atom. The van der Waals surface area contributed by atoms with E-state index in [2.05, 4.69) is 57.9 Å². The molecule has 0 N–H and O–H groups in total. The van der Waals surface area contributed by atoms with Crippen LogP contribution in [0, 0.1) is 0 Å². The maximum absolute atomic E-state index is 5.18. The summed E-state index contributed by atoms with van der Waals surface area (Å²) in [5, 5.41) is 3.35. The summed E-state index contributed by atoms with van der Waals surface area (Å²) in [4.78, 5) is 14.3. The summed E-state index contributed by atoms with van der Waals surface area (Å²) in [5.41, 5.74) is 12.6. The molecule has 2 aromatic carbocycles. The third kappa shape index (κ3) is 1.84. The van der Waals surface area contributed by atoms with Crippen LogP contribution in [-0.2, 0) is 12.8 Å². The Kier molecular flexibility index (Phi) is 2.72. The normalized spacial score (nSPS) is 13.5. The van der Waals surface area contributed by atoms with Crippen molar-refractivity contribution in [2.45, 2.75) is 12.8 Å². The fourth-order valence-electron chi connectivity index (χ4n) is 5.70. The SMILES string of the molecule is c1ccc2c(c1)Cc1c-2ccc2c1Cc1c-2nc2c3ccncc3c3cccnc3n12. The zero-order valence-electron chi connectivity index (χ0n) is 16.6. The van der Waals surface area contributed by atoms with Gasteiger partial charge in [0.05, 0.1) is 11.4 Å². The molecule has 0 spiro atoms. The van der Waals surface area contributed by atoms with E-state index < -0.39 is 0 Å². The molecule has 0 saturated carbocycles. The van der Waals surface area contributed by atoms with Gasteiger partial charge in [0.15, 0.2) is 0 Å². The fraction of sp³-hybridized carbons (Fsp3) is 0.0741. The first-order chi connectivity index (χ1) is 15.4. The lowest BCUT2D eigenvalue weighted by molar-refractivity contribution is 1.05. The summed E-state index contributed by atoms with van der Waals surface area (Å²) in [6.07, 6.45) is 7.55. The second-order valence-corrected chi connectivity index (χ2v) is 8.49. The van der Waals surface area contributed by atoms with Gasteiger partial charge in [0, 0.05) is 46.7 Å². The molecule has 31 heavy (non-hydrogen) atoms. The van der Waals surface area contributed by atoms with Crippen molar-refractivity contribution in [3.63, 3.8) is 0 Å². The zero-order valence-corrected chi connectivity index (χ0v) is 16.6. The van der Waals surface area contributed by atoms with Crippen LogP contribution in [0.1, 0.15) is 22.4 Å². The minimum absolute atomic E-state index is 0.894. The van der Waals surface area contributed by atoms with E-state index >= 15 is 0 Å². The molecular weight excluding hydrogens is 380 g/mol. The molecule has 2 aliphatic rings.